The minimum atomic E-state index is -1.49. The number of carbonyl (C=O) groups is 9. The van der Waals surface area contributed by atoms with Gasteiger partial charge in [-0.05, 0) is 50.9 Å². The van der Waals surface area contributed by atoms with Gasteiger partial charge in [-0.1, -0.05) is 27.7 Å². The number of carboxylic acid groups (broad SMARTS) is 1. The second-order valence-electron chi connectivity index (χ2n) is 14.0. The number of amides is 8. The molecule has 20 heteroatoms. The Bertz CT molecular complexity index is 1390. The van der Waals surface area contributed by atoms with Crippen molar-refractivity contribution in [2.75, 3.05) is 26.2 Å². The quantitative estimate of drug-likeness (QED) is 0.0610. The highest BCUT2D eigenvalue weighted by Gasteiger charge is 2.40. The van der Waals surface area contributed by atoms with Gasteiger partial charge in [0.05, 0.1) is 19.2 Å². The van der Waals surface area contributed by atoms with Crippen LogP contribution in [0.15, 0.2) is 0 Å². The van der Waals surface area contributed by atoms with Crippen LogP contribution in [-0.4, -0.2) is 142 Å². The van der Waals surface area contributed by atoms with Crippen molar-refractivity contribution >= 4 is 53.2 Å². The van der Waals surface area contributed by atoms with Gasteiger partial charge in [-0.25, -0.2) is 4.79 Å². The standard InChI is InChI=1S/C33H55N9O11/c1-16(2)25(40-31(50)26(17(3)4)39-27(46)18(5)37-28(47)19(34)10-11-23(35)44)30(49)38-20(15-43)32(51)42-13-6-8-21(42)29(48)36-14-24(45)41-12-7-9-22(41)33(52)53/h16-22,25-26,43H,6-15,34H2,1-5H3,(H2,35,44)(H,36,48)(H,37,47)(H,38,49)(H,39,46)(H,40,50)(H,52,53)/t18-,19-,20-,21-,22-,25-,26-/m0/s1. The zero-order valence-electron chi connectivity index (χ0n) is 30.9. The minimum Gasteiger partial charge on any atom is -0.480 e. The van der Waals surface area contributed by atoms with Crippen molar-refractivity contribution in [1.29, 1.82) is 0 Å². The molecule has 11 N–H and O–H groups in total. The van der Waals surface area contributed by atoms with Crippen molar-refractivity contribution in [3.05, 3.63) is 0 Å². The van der Waals surface area contributed by atoms with Crippen LogP contribution >= 0.6 is 0 Å². The number of aliphatic hydroxyl groups is 1. The molecule has 7 atom stereocenters. The van der Waals surface area contributed by atoms with Crippen molar-refractivity contribution in [2.24, 2.45) is 23.3 Å². The molecule has 20 nitrogen and oxygen atoms in total. The first-order chi connectivity index (χ1) is 24.8. The predicted octanol–water partition coefficient (Wildman–Crippen LogP) is -3.97. The number of carboxylic acids is 1. The molecular formula is C33H55N9O11. The molecule has 0 aromatic rings. The molecule has 2 heterocycles. The van der Waals surface area contributed by atoms with Crippen LogP contribution in [0.1, 0.15) is 73.1 Å². The van der Waals surface area contributed by atoms with Crippen LogP contribution in [0.25, 0.3) is 0 Å². The largest absolute Gasteiger partial charge is 0.480 e. The van der Waals surface area contributed by atoms with E-state index >= 15 is 0 Å². The molecule has 2 rings (SSSR count). The Kier molecular flexibility index (Phi) is 17.1. The summed E-state index contributed by atoms with van der Waals surface area (Å²) in [4.78, 5) is 116. The number of carbonyl (C=O) groups excluding carboxylic acids is 8. The third-order valence-corrected chi connectivity index (χ3v) is 9.19. The second kappa shape index (κ2) is 20.4. The van der Waals surface area contributed by atoms with Gasteiger partial charge in [0.1, 0.15) is 36.3 Å². The van der Waals surface area contributed by atoms with E-state index in [0.717, 1.165) is 0 Å². The Morgan fingerprint density at radius 3 is 1.79 bits per heavy atom. The second-order valence-corrected chi connectivity index (χ2v) is 14.0. The monoisotopic (exact) mass is 753 g/mol. The van der Waals surface area contributed by atoms with E-state index in [9.17, 15) is 53.4 Å². The molecule has 0 radical (unpaired) electrons. The molecule has 8 amide bonds. The molecule has 2 aliphatic rings. The SMILES string of the molecule is CC(C)[C@H](NC(=O)[C@H](C)NC(=O)[C@@H](N)CCC(N)=O)C(=O)N[C@H](C(=O)N[C@@H](CO)C(=O)N1CCC[C@H]1C(=O)NCC(=O)N1CCC[C@H]1C(=O)O)C(C)C. The fraction of sp³-hybridized carbons (Fsp3) is 0.727. The first-order valence-electron chi connectivity index (χ1n) is 17.8. The number of nitrogens with zero attached hydrogens (tertiary/aromatic N) is 2. The van der Waals surface area contributed by atoms with Crippen LogP contribution in [-0.2, 0) is 43.2 Å². The average molecular weight is 754 g/mol. The molecule has 2 aliphatic heterocycles. The summed E-state index contributed by atoms with van der Waals surface area (Å²) in [5, 5.41) is 31.9. The zero-order chi connectivity index (χ0) is 40.2. The number of likely N-dealkylation sites (tertiary alicyclic amines) is 2. The lowest BCUT2D eigenvalue weighted by atomic mass is 9.99. The van der Waals surface area contributed by atoms with E-state index in [1.165, 1.54) is 16.7 Å². The Balaban J connectivity index is 2.04. The van der Waals surface area contributed by atoms with Crippen LogP contribution in [0.4, 0.5) is 0 Å². The molecule has 0 aliphatic carbocycles. The zero-order valence-corrected chi connectivity index (χ0v) is 30.9. The number of nitrogens with one attached hydrogen (secondary N) is 5. The number of aliphatic hydroxyl groups excluding tert-OH is 1. The molecule has 2 fully saturated rings. The van der Waals surface area contributed by atoms with E-state index in [0.29, 0.717) is 19.3 Å². The lowest BCUT2D eigenvalue weighted by Gasteiger charge is -2.31. The summed E-state index contributed by atoms with van der Waals surface area (Å²) in [5.41, 5.74) is 10.8. The van der Waals surface area contributed by atoms with E-state index in [2.05, 4.69) is 26.6 Å². The lowest BCUT2D eigenvalue weighted by Crippen LogP contribution is -2.61. The average Bonchev–Trinajstić information content (AvgIpc) is 3.79. The lowest BCUT2D eigenvalue weighted by molar-refractivity contribution is -0.148. The summed E-state index contributed by atoms with van der Waals surface area (Å²) >= 11 is 0. The van der Waals surface area contributed by atoms with E-state index in [1.807, 2.05) is 0 Å². The molecule has 0 aromatic heterocycles. The smallest absolute Gasteiger partial charge is 0.326 e. The van der Waals surface area contributed by atoms with Gasteiger partial charge in [0.25, 0.3) is 0 Å². The van der Waals surface area contributed by atoms with E-state index in [4.69, 9.17) is 11.5 Å². The van der Waals surface area contributed by atoms with Crippen LogP contribution in [0.3, 0.4) is 0 Å². The molecule has 0 spiro atoms. The van der Waals surface area contributed by atoms with E-state index in [-0.39, 0.29) is 32.4 Å². The summed E-state index contributed by atoms with van der Waals surface area (Å²) in [6.07, 6.45) is 1.35. The molecule has 2 saturated heterocycles. The number of primary amides is 1. The maximum Gasteiger partial charge on any atom is 0.326 e. The van der Waals surface area contributed by atoms with Crippen LogP contribution in [0.5, 0.6) is 0 Å². The fourth-order valence-corrected chi connectivity index (χ4v) is 6.06. The summed E-state index contributed by atoms with van der Waals surface area (Å²) in [7, 11) is 0. The summed E-state index contributed by atoms with van der Waals surface area (Å²) in [6.45, 7) is 7.01. The van der Waals surface area contributed by atoms with Crippen molar-refractivity contribution in [3.8, 4) is 0 Å². The first-order valence-corrected chi connectivity index (χ1v) is 17.8. The molecular weight excluding hydrogens is 698 g/mol. The molecule has 0 bridgehead atoms. The third kappa shape index (κ3) is 12.7. The first kappa shape index (κ1) is 44.3. The van der Waals surface area contributed by atoms with Crippen molar-refractivity contribution < 1.29 is 53.4 Å². The number of hydrogen-bond donors (Lipinski definition) is 9. The summed E-state index contributed by atoms with van der Waals surface area (Å²) < 4.78 is 0. The van der Waals surface area contributed by atoms with Gasteiger partial charge >= 0.3 is 5.97 Å². The molecule has 0 saturated carbocycles. The van der Waals surface area contributed by atoms with Gasteiger partial charge in [-0.2, -0.15) is 0 Å². The maximum absolute atomic E-state index is 13.5. The third-order valence-electron chi connectivity index (χ3n) is 9.19. The number of hydrogen-bond acceptors (Lipinski definition) is 11. The Morgan fingerprint density at radius 1 is 0.736 bits per heavy atom. The van der Waals surface area contributed by atoms with Crippen LogP contribution < -0.4 is 38.1 Å². The van der Waals surface area contributed by atoms with Crippen molar-refractivity contribution in [1.82, 2.24) is 36.4 Å². The number of nitrogens with two attached hydrogens (primary N) is 2. The van der Waals surface area contributed by atoms with E-state index < -0.39 is 121 Å². The van der Waals surface area contributed by atoms with Gasteiger partial charge in [-0.3, -0.25) is 38.4 Å². The van der Waals surface area contributed by atoms with Crippen molar-refractivity contribution in [3.63, 3.8) is 0 Å². The van der Waals surface area contributed by atoms with E-state index in [1.54, 1.807) is 27.7 Å². The van der Waals surface area contributed by atoms with Gasteiger partial charge in [0, 0.05) is 19.5 Å². The number of aliphatic carboxylic acids is 1. The molecule has 0 unspecified atom stereocenters. The Hall–Kier alpha value is -4.85. The van der Waals surface area contributed by atoms with Crippen LogP contribution in [0, 0.1) is 11.8 Å². The highest BCUT2D eigenvalue weighted by Crippen LogP contribution is 2.20. The Labute approximate surface area is 307 Å². The summed E-state index contributed by atoms with van der Waals surface area (Å²) in [5.74, 6) is -7.74. The normalized spacial score (nSPS) is 19.8. The van der Waals surface area contributed by atoms with Gasteiger partial charge in [0.15, 0.2) is 0 Å². The van der Waals surface area contributed by atoms with Gasteiger partial charge < -0.3 is 58.1 Å². The van der Waals surface area contributed by atoms with Crippen LogP contribution in [0.2, 0.25) is 0 Å². The molecule has 0 aromatic carbocycles. The highest BCUT2D eigenvalue weighted by molar-refractivity contribution is 5.97. The molecule has 298 valence electrons. The Morgan fingerprint density at radius 2 is 1.26 bits per heavy atom. The van der Waals surface area contributed by atoms with Gasteiger partial charge in [-0.15, -0.1) is 0 Å². The minimum absolute atomic E-state index is 0.0269. The topological polar surface area (TPSA) is 313 Å². The van der Waals surface area contributed by atoms with Gasteiger partial charge in [0.2, 0.25) is 47.3 Å². The van der Waals surface area contributed by atoms with Crippen molar-refractivity contribution in [2.45, 2.75) is 115 Å². The molecule has 53 heavy (non-hydrogen) atoms. The fourth-order valence-electron chi connectivity index (χ4n) is 6.06. The maximum atomic E-state index is 13.5. The number of rotatable bonds is 19. The highest BCUT2D eigenvalue weighted by atomic mass is 16.4. The predicted molar refractivity (Wildman–Crippen MR) is 187 cm³/mol. The summed E-state index contributed by atoms with van der Waals surface area (Å²) in [6, 6.07) is -8.08.